The smallest absolute Gasteiger partial charge is 0.144 e. The van der Waals surface area contributed by atoms with E-state index in [4.69, 9.17) is 9.73 Å². The van der Waals surface area contributed by atoms with Crippen LogP contribution >= 0.6 is 0 Å². The van der Waals surface area contributed by atoms with Crippen molar-refractivity contribution < 1.29 is 13.5 Å². The first kappa shape index (κ1) is 23.3. The average Bonchev–Trinajstić information content (AvgIpc) is 2.89. The Hall–Kier alpha value is -3.45. The highest BCUT2D eigenvalue weighted by Gasteiger charge is 2.30. The lowest BCUT2D eigenvalue weighted by Crippen LogP contribution is -2.39. The number of benzene rings is 2. The Balaban J connectivity index is 1.35. The summed E-state index contributed by atoms with van der Waals surface area (Å²) in [5.41, 5.74) is 5.08. The second-order valence-corrected chi connectivity index (χ2v) is 9.15. The Morgan fingerprint density at radius 1 is 1.09 bits per heavy atom. The van der Waals surface area contributed by atoms with Crippen LogP contribution in [-0.2, 0) is 6.54 Å². The van der Waals surface area contributed by atoms with Gasteiger partial charge in [0.1, 0.15) is 23.5 Å². The number of nitrogens with one attached hydrogen (secondary N) is 2. The summed E-state index contributed by atoms with van der Waals surface area (Å²) >= 11 is 0. The molecule has 1 saturated heterocycles. The van der Waals surface area contributed by atoms with Gasteiger partial charge in [0.15, 0.2) is 0 Å². The van der Waals surface area contributed by atoms with Crippen molar-refractivity contribution in [1.29, 1.82) is 0 Å². The number of methoxy groups -OCH3 is 1. The number of aliphatic imine (C=N–C) groups is 1. The Kier molecular flexibility index (Phi) is 6.95. The summed E-state index contributed by atoms with van der Waals surface area (Å²) < 4.78 is 32.7. The Labute approximate surface area is 204 Å². The molecular formula is C28H30F2N4O. The second kappa shape index (κ2) is 10.4. The van der Waals surface area contributed by atoms with Crippen LogP contribution in [0.15, 0.2) is 77.6 Å². The first-order valence-electron chi connectivity index (χ1n) is 12.0. The molecule has 1 unspecified atom stereocenters. The highest BCUT2D eigenvalue weighted by Crippen LogP contribution is 2.32. The van der Waals surface area contributed by atoms with Crippen molar-refractivity contribution in [3.63, 3.8) is 0 Å². The minimum Gasteiger partial charge on any atom is -0.497 e. The summed E-state index contributed by atoms with van der Waals surface area (Å²) in [6.45, 7) is 3.03. The molecule has 2 aromatic rings. The van der Waals surface area contributed by atoms with Gasteiger partial charge in [-0.15, -0.1) is 0 Å². The first-order valence-corrected chi connectivity index (χ1v) is 12.0. The number of halogens is 2. The van der Waals surface area contributed by atoms with Crippen LogP contribution in [0.2, 0.25) is 0 Å². The molecule has 2 aromatic carbocycles. The van der Waals surface area contributed by atoms with E-state index in [1.54, 1.807) is 7.11 Å². The van der Waals surface area contributed by atoms with Gasteiger partial charge in [0.25, 0.3) is 0 Å². The van der Waals surface area contributed by atoms with E-state index in [0.29, 0.717) is 18.0 Å². The van der Waals surface area contributed by atoms with Crippen molar-refractivity contribution in [2.75, 3.05) is 26.7 Å². The van der Waals surface area contributed by atoms with Crippen molar-refractivity contribution >= 4 is 11.3 Å². The van der Waals surface area contributed by atoms with Gasteiger partial charge in [-0.25, -0.2) is 8.78 Å². The van der Waals surface area contributed by atoms with Gasteiger partial charge < -0.3 is 15.4 Å². The van der Waals surface area contributed by atoms with Gasteiger partial charge in [0.05, 0.1) is 12.8 Å². The maximum atomic E-state index is 13.6. The highest BCUT2D eigenvalue weighted by molar-refractivity contribution is 6.25. The van der Waals surface area contributed by atoms with Gasteiger partial charge in [-0.3, -0.25) is 9.89 Å². The number of piperidine rings is 1. The Morgan fingerprint density at radius 2 is 1.89 bits per heavy atom. The zero-order valence-electron chi connectivity index (χ0n) is 19.8. The van der Waals surface area contributed by atoms with E-state index in [2.05, 4.69) is 40.0 Å². The summed E-state index contributed by atoms with van der Waals surface area (Å²) in [6.07, 6.45) is 10.0. The lowest BCUT2D eigenvalue weighted by atomic mass is 9.84. The van der Waals surface area contributed by atoms with E-state index in [0.717, 1.165) is 66.7 Å². The minimum atomic E-state index is -0.528. The normalized spacial score (nSPS) is 20.9. The molecule has 5 rings (SSSR count). The molecule has 0 amide bonds. The standard InChI is InChI=1S/C28H30F2N4O/c1-35-25-4-2-3-22(15-25)26-17-32-28(21-5-9-31-10-6-21)33-27(26)20-7-11-34(12-8-20)18-19-13-23(29)16-24(30)14-19/h2-6,9,13-17,20,28,31-32H,7-8,10-12,18H2,1H3. The first-order chi connectivity index (χ1) is 17.1. The zero-order valence-corrected chi connectivity index (χ0v) is 19.8. The number of nitrogens with zero attached hydrogens (tertiary/aromatic N) is 2. The topological polar surface area (TPSA) is 48.9 Å². The van der Waals surface area contributed by atoms with Crippen LogP contribution in [0.3, 0.4) is 0 Å². The molecule has 3 aliphatic heterocycles. The van der Waals surface area contributed by atoms with Gasteiger partial charge in [0, 0.05) is 36.8 Å². The molecule has 1 atom stereocenters. The number of dihydropyridines is 1. The van der Waals surface area contributed by atoms with Crippen molar-refractivity contribution in [2.45, 2.75) is 25.6 Å². The van der Waals surface area contributed by atoms with Crippen LogP contribution < -0.4 is 15.4 Å². The minimum absolute atomic E-state index is 0.119. The molecule has 35 heavy (non-hydrogen) atoms. The van der Waals surface area contributed by atoms with E-state index in [1.807, 2.05) is 24.4 Å². The molecule has 0 radical (unpaired) electrons. The highest BCUT2D eigenvalue weighted by atomic mass is 19.1. The third-order valence-corrected chi connectivity index (χ3v) is 6.78. The zero-order chi connectivity index (χ0) is 24.2. The molecule has 7 heteroatoms. The van der Waals surface area contributed by atoms with Crippen LogP contribution in [-0.4, -0.2) is 43.5 Å². The SMILES string of the molecule is COc1cccc(C2=CNC(C3=CCNC=C3)N=C2C2CCN(Cc3cc(F)cc(F)c3)CC2)c1. The van der Waals surface area contributed by atoms with Gasteiger partial charge >= 0.3 is 0 Å². The van der Waals surface area contributed by atoms with E-state index < -0.39 is 11.6 Å². The van der Waals surface area contributed by atoms with Crippen molar-refractivity contribution in [2.24, 2.45) is 10.9 Å². The maximum Gasteiger partial charge on any atom is 0.144 e. The fourth-order valence-corrected chi connectivity index (χ4v) is 5.00. The molecule has 1 fully saturated rings. The molecule has 3 heterocycles. The number of hydrogen-bond acceptors (Lipinski definition) is 5. The molecule has 2 N–H and O–H groups in total. The van der Waals surface area contributed by atoms with Crippen LogP contribution in [0.4, 0.5) is 8.78 Å². The van der Waals surface area contributed by atoms with Gasteiger partial charge in [-0.05, 0) is 79.2 Å². The number of rotatable bonds is 6. The van der Waals surface area contributed by atoms with E-state index in [-0.39, 0.29) is 6.17 Å². The van der Waals surface area contributed by atoms with Gasteiger partial charge in [-0.2, -0.15) is 0 Å². The van der Waals surface area contributed by atoms with Gasteiger partial charge in [0.2, 0.25) is 0 Å². The Morgan fingerprint density at radius 3 is 2.60 bits per heavy atom. The van der Waals surface area contributed by atoms with Crippen molar-refractivity contribution in [3.8, 4) is 5.75 Å². The van der Waals surface area contributed by atoms with Crippen LogP contribution in [0.25, 0.3) is 5.57 Å². The molecule has 3 aliphatic rings. The van der Waals surface area contributed by atoms with E-state index in [9.17, 15) is 8.78 Å². The summed E-state index contributed by atoms with van der Waals surface area (Å²) in [7, 11) is 1.67. The molecule has 0 spiro atoms. The van der Waals surface area contributed by atoms with E-state index >= 15 is 0 Å². The second-order valence-electron chi connectivity index (χ2n) is 9.15. The maximum absolute atomic E-state index is 13.6. The lowest BCUT2D eigenvalue weighted by Gasteiger charge is -2.35. The molecule has 0 saturated carbocycles. The predicted molar refractivity (Wildman–Crippen MR) is 135 cm³/mol. The van der Waals surface area contributed by atoms with Crippen molar-refractivity contribution in [3.05, 3.63) is 95.4 Å². The molecule has 5 nitrogen and oxygen atoms in total. The van der Waals surface area contributed by atoms with Crippen LogP contribution in [0.1, 0.15) is 24.0 Å². The molecular weight excluding hydrogens is 446 g/mol. The molecule has 0 bridgehead atoms. The largest absolute Gasteiger partial charge is 0.497 e. The quantitative estimate of drug-likeness (QED) is 0.638. The average molecular weight is 477 g/mol. The molecule has 182 valence electrons. The van der Waals surface area contributed by atoms with E-state index in [1.165, 1.54) is 12.1 Å². The van der Waals surface area contributed by atoms with Crippen LogP contribution in [0, 0.1) is 17.6 Å². The summed E-state index contributed by atoms with van der Waals surface area (Å²) in [5.74, 6) is 0.0495. The number of likely N-dealkylation sites (tertiary alicyclic amines) is 1. The fraction of sp³-hybridized carbons (Fsp3) is 0.321. The summed E-state index contributed by atoms with van der Waals surface area (Å²) in [5, 5.41) is 6.67. The summed E-state index contributed by atoms with van der Waals surface area (Å²) in [6, 6.07) is 11.8. The number of allylic oxidation sites excluding steroid dienone is 1. The third kappa shape index (κ3) is 5.46. The number of hydrogen-bond donors (Lipinski definition) is 2. The fourth-order valence-electron chi connectivity index (χ4n) is 5.00. The monoisotopic (exact) mass is 476 g/mol. The summed E-state index contributed by atoms with van der Waals surface area (Å²) in [4.78, 5) is 7.47. The van der Waals surface area contributed by atoms with Crippen molar-refractivity contribution in [1.82, 2.24) is 15.5 Å². The van der Waals surface area contributed by atoms with Gasteiger partial charge in [-0.1, -0.05) is 18.2 Å². The number of ether oxygens (including phenoxy) is 1. The molecule has 0 aromatic heterocycles. The third-order valence-electron chi connectivity index (χ3n) is 6.78. The predicted octanol–water partition coefficient (Wildman–Crippen LogP) is 4.64. The molecule has 0 aliphatic carbocycles. The van der Waals surface area contributed by atoms with Crippen LogP contribution in [0.5, 0.6) is 5.75 Å². The lowest BCUT2D eigenvalue weighted by molar-refractivity contribution is 0.201. The Bertz CT molecular complexity index is 1170.